The highest BCUT2D eigenvalue weighted by Crippen LogP contribution is 2.21. The smallest absolute Gasteiger partial charge is 0.107 e. The van der Waals surface area contributed by atoms with Gasteiger partial charge >= 0.3 is 0 Å². The van der Waals surface area contributed by atoms with Crippen LogP contribution in [0.4, 0.5) is 0 Å². The van der Waals surface area contributed by atoms with Gasteiger partial charge in [-0.2, -0.15) is 0 Å². The lowest BCUT2D eigenvalue weighted by atomic mass is 10.2. The van der Waals surface area contributed by atoms with Crippen molar-refractivity contribution in [2.24, 2.45) is 0 Å². The number of nitrogens with one attached hydrogen (secondary N) is 1. The van der Waals surface area contributed by atoms with Crippen LogP contribution < -0.4 is 5.32 Å². The average Bonchev–Trinajstić information content (AvgIpc) is 3.20. The van der Waals surface area contributed by atoms with Crippen LogP contribution in [0.5, 0.6) is 0 Å². The lowest BCUT2D eigenvalue weighted by molar-refractivity contribution is 0.251. The van der Waals surface area contributed by atoms with Crippen LogP contribution in [0.25, 0.3) is 11.3 Å². The van der Waals surface area contributed by atoms with Crippen molar-refractivity contribution in [1.29, 1.82) is 0 Å². The highest BCUT2D eigenvalue weighted by molar-refractivity contribution is 7.09. The van der Waals surface area contributed by atoms with Gasteiger partial charge in [-0.3, -0.25) is 4.90 Å². The number of likely N-dealkylation sites (tertiary alicyclic amines) is 1. The zero-order chi connectivity index (χ0) is 14.5. The third kappa shape index (κ3) is 3.90. The molecule has 0 radical (unpaired) electrons. The molecule has 1 saturated heterocycles. The number of hydrogen-bond donors (Lipinski definition) is 1. The Balaban J connectivity index is 1.49. The van der Waals surface area contributed by atoms with E-state index >= 15 is 0 Å². The molecule has 3 nitrogen and oxygen atoms in total. The van der Waals surface area contributed by atoms with E-state index in [2.05, 4.69) is 46.8 Å². The molecule has 1 atom stereocenters. The molecule has 0 bridgehead atoms. The molecule has 3 rings (SSSR count). The lowest BCUT2D eigenvalue weighted by Gasteiger charge is -2.23. The molecule has 0 amide bonds. The number of aromatic nitrogens is 1. The Labute approximate surface area is 131 Å². The van der Waals surface area contributed by atoms with Gasteiger partial charge in [-0.15, -0.1) is 11.3 Å². The summed E-state index contributed by atoms with van der Waals surface area (Å²) in [4.78, 5) is 7.29. The normalized spacial score (nSPS) is 17.2. The second-order valence-corrected chi connectivity index (χ2v) is 6.66. The van der Waals surface area contributed by atoms with Crippen molar-refractivity contribution in [3.63, 3.8) is 0 Å². The van der Waals surface area contributed by atoms with Crippen molar-refractivity contribution in [1.82, 2.24) is 15.2 Å². The molecule has 1 aliphatic heterocycles. The Kier molecular flexibility index (Phi) is 5.01. The molecule has 2 heterocycles. The van der Waals surface area contributed by atoms with Crippen molar-refractivity contribution in [2.45, 2.75) is 32.4 Å². The Morgan fingerprint density at radius 1 is 1.24 bits per heavy atom. The first-order valence-corrected chi connectivity index (χ1v) is 8.65. The number of benzene rings is 1. The van der Waals surface area contributed by atoms with Crippen LogP contribution in [0, 0.1) is 0 Å². The van der Waals surface area contributed by atoms with Gasteiger partial charge in [-0.25, -0.2) is 4.98 Å². The number of hydrogen-bond acceptors (Lipinski definition) is 4. The van der Waals surface area contributed by atoms with Gasteiger partial charge < -0.3 is 5.32 Å². The van der Waals surface area contributed by atoms with E-state index in [4.69, 9.17) is 4.98 Å². The summed E-state index contributed by atoms with van der Waals surface area (Å²) in [6, 6.07) is 11.0. The van der Waals surface area contributed by atoms with E-state index in [1.165, 1.54) is 36.5 Å². The van der Waals surface area contributed by atoms with Gasteiger partial charge in [0, 0.05) is 30.1 Å². The summed E-state index contributed by atoms with van der Waals surface area (Å²) in [7, 11) is 0. The fourth-order valence-electron chi connectivity index (χ4n) is 2.83. The minimum absolute atomic E-state index is 0.626. The number of nitrogens with zero attached hydrogens (tertiary/aromatic N) is 2. The molecule has 1 N–H and O–H groups in total. The third-order valence-electron chi connectivity index (χ3n) is 4.10. The summed E-state index contributed by atoms with van der Waals surface area (Å²) >= 11 is 1.74. The SMILES string of the molecule is CC(CNCc1nc(-c2ccccc2)cs1)N1CCCC1. The third-order valence-corrected chi connectivity index (χ3v) is 4.95. The molecule has 1 aromatic heterocycles. The molecule has 0 saturated carbocycles. The van der Waals surface area contributed by atoms with Crippen LogP contribution in [0.1, 0.15) is 24.8 Å². The van der Waals surface area contributed by atoms with Gasteiger partial charge in [0.25, 0.3) is 0 Å². The number of rotatable bonds is 6. The Morgan fingerprint density at radius 3 is 2.76 bits per heavy atom. The highest BCUT2D eigenvalue weighted by atomic mass is 32.1. The molecule has 0 spiro atoms. The molecule has 4 heteroatoms. The summed E-state index contributed by atoms with van der Waals surface area (Å²) < 4.78 is 0. The van der Waals surface area contributed by atoms with Crippen molar-refractivity contribution in [3.8, 4) is 11.3 Å². The van der Waals surface area contributed by atoms with E-state index < -0.39 is 0 Å². The summed E-state index contributed by atoms with van der Waals surface area (Å²) in [5.41, 5.74) is 2.29. The van der Waals surface area contributed by atoms with Gasteiger partial charge in [0.15, 0.2) is 0 Å². The predicted octanol–water partition coefficient (Wildman–Crippen LogP) is 3.38. The van der Waals surface area contributed by atoms with Crippen molar-refractivity contribution >= 4 is 11.3 Å². The van der Waals surface area contributed by atoms with Crippen molar-refractivity contribution < 1.29 is 0 Å². The predicted molar refractivity (Wildman–Crippen MR) is 89.5 cm³/mol. The van der Waals surface area contributed by atoms with Gasteiger partial charge in [0.1, 0.15) is 5.01 Å². The molecule has 21 heavy (non-hydrogen) atoms. The van der Waals surface area contributed by atoms with Gasteiger partial charge in [-0.1, -0.05) is 30.3 Å². The first-order valence-electron chi connectivity index (χ1n) is 7.77. The Morgan fingerprint density at radius 2 is 2.00 bits per heavy atom. The Hall–Kier alpha value is -1.23. The van der Waals surface area contributed by atoms with Crippen LogP contribution >= 0.6 is 11.3 Å². The fourth-order valence-corrected chi connectivity index (χ4v) is 3.61. The second kappa shape index (κ2) is 7.16. The average molecular weight is 301 g/mol. The zero-order valence-electron chi connectivity index (χ0n) is 12.6. The summed E-state index contributed by atoms with van der Waals surface area (Å²) in [6.07, 6.45) is 2.72. The molecular weight excluding hydrogens is 278 g/mol. The first kappa shape index (κ1) is 14.7. The standard InChI is InChI=1S/C17H23N3S/c1-14(20-9-5-6-10-20)11-18-12-17-19-16(13-21-17)15-7-3-2-4-8-15/h2-4,7-8,13-14,18H,5-6,9-12H2,1H3. The van der Waals surface area contributed by atoms with Crippen molar-refractivity contribution in [2.75, 3.05) is 19.6 Å². The molecular formula is C17H23N3S. The summed E-state index contributed by atoms with van der Waals surface area (Å²) in [6.45, 7) is 6.75. The van der Waals surface area contributed by atoms with Crippen LogP contribution in [0.15, 0.2) is 35.7 Å². The van der Waals surface area contributed by atoms with Crippen LogP contribution in [0.2, 0.25) is 0 Å². The second-order valence-electron chi connectivity index (χ2n) is 5.72. The van der Waals surface area contributed by atoms with Crippen LogP contribution in [0.3, 0.4) is 0 Å². The van der Waals surface area contributed by atoms with E-state index in [-0.39, 0.29) is 0 Å². The molecule has 1 aliphatic rings. The van der Waals surface area contributed by atoms with Gasteiger partial charge in [0.05, 0.1) is 5.69 Å². The molecule has 1 aromatic carbocycles. The van der Waals surface area contributed by atoms with E-state index in [0.29, 0.717) is 6.04 Å². The maximum Gasteiger partial charge on any atom is 0.107 e. The topological polar surface area (TPSA) is 28.2 Å². The van der Waals surface area contributed by atoms with Crippen molar-refractivity contribution in [3.05, 3.63) is 40.7 Å². The van der Waals surface area contributed by atoms with E-state index in [1.54, 1.807) is 11.3 Å². The minimum Gasteiger partial charge on any atom is -0.309 e. The summed E-state index contributed by atoms with van der Waals surface area (Å²) in [5.74, 6) is 0. The first-order chi connectivity index (χ1) is 10.3. The largest absolute Gasteiger partial charge is 0.309 e. The maximum atomic E-state index is 4.72. The molecule has 0 aliphatic carbocycles. The minimum atomic E-state index is 0.626. The van der Waals surface area contributed by atoms with Crippen LogP contribution in [-0.2, 0) is 6.54 Å². The molecule has 2 aromatic rings. The number of thiazole rings is 1. The zero-order valence-corrected chi connectivity index (χ0v) is 13.4. The Bertz CT molecular complexity index is 546. The fraction of sp³-hybridized carbons (Fsp3) is 0.471. The van der Waals surface area contributed by atoms with E-state index in [1.807, 2.05) is 6.07 Å². The molecule has 1 unspecified atom stereocenters. The molecule has 1 fully saturated rings. The monoisotopic (exact) mass is 301 g/mol. The van der Waals surface area contributed by atoms with Gasteiger partial charge in [0.2, 0.25) is 0 Å². The summed E-state index contributed by atoms with van der Waals surface area (Å²) in [5, 5.41) is 6.87. The maximum absolute atomic E-state index is 4.72. The van der Waals surface area contributed by atoms with E-state index in [9.17, 15) is 0 Å². The van der Waals surface area contributed by atoms with E-state index in [0.717, 1.165) is 18.8 Å². The molecule has 112 valence electrons. The lowest BCUT2D eigenvalue weighted by Crippen LogP contribution is -2.38. The quantitative estimate of drug-likeness (QED) is 0.886. The van der Waals surface area contributed by atoms with Gasteiger partial charge in [-0.05, 0) is 32.9 Å². The highest BCUT2D eigenvalue weighted by Gasteiger charge is 2.17. The van der Waals surface area contributed by atoms with Crippen LogP contribution in [-0.4, -0.2) is 35.6 Å².